The maximum Gasteiger partial charge on any atom is 0.124 e. The summed E-state index contributed by atoms with van der Waals surface area (Å²) in [5.74, 6) is 0.818. The number of halogens is 1. The van der Waals surface area contributed by atoms with Crippen molar-refractivity contribution in [3.63, 3.8) is 0 Å². The molecule has 1 aromatic carbocycles. The molecular weight excluding hydrogens is 210 g/mol. The molecule has 2 unspecified atom stereocenters. The maximum atomic E-state index is 5.90. The van der Waals surface area contributed by atoms with Crippen LogP contribution in [-0.4, -0.2) is 12.1 Å². The molecule has 0 saturated heterocycles. The van der Waals surface area contributed by atoms with Crippen LogP contribution in [0.25, 0.3) is 0 Å². The van der Waals surface area contributed by atoms with Crippen molar-refractivity contribution in [2.75, 3.05) is 0 Å². The van der Waals surface area contributed by atoms with Gasteiger partial charge in [0.25, 0.3) is 0 Å². The van der Waals surface area contributed by atoms with Crippen molar-refractivity contribution in [2.24, 2.45) is 5.73 Å². The highest BCUT2D eigenvalue weighted by molar-refractivity contribution is 6.30. The minimum absolute atomic E-state index is 0.00664. The fourth-order valence-corrected chi connectivity index (χ4v) is 1.48. The zero-order chi connectivity index (χ0) is 11.4. The molecule has 0 aliphatic heterocycles. The van der Waals surface area contributed by atoms with E-state index in [-0.39, 0.29) is 12.1 Å². The van der Waals surface area contributed by atoms with Crippen LogP contribution in [0.1, 0.15) is 25.8 Å². The summed E-state index contributed by atoms with van der Waals surface area (Å²) in [7, 11) is 0. The first-order valence-electron chi connectivity index (χ1n) is 5.23. The molecule has 0 bridgehead atoms. The van der Waals surface area contributed by atoms with Crippen molar-refractivity contribution < 1.29 is 4.74 Å². The Hall–Kier alpha value is -0.730. The van der Waals surface area contributed by atoms with Gasteiger partial charge in [-0.25, -0.2) is 0 Å². The van der Waals surface area contributed by atoms with Gasteiger partial charge in [0.05, 0.1) is 0 Å². The van der Waals surface area contributed by atoms with Crippen LogP contribution < -0.4 is 10.5 Å². The molecule has 2 atom stereocenters. The summed E-state index contributed by atoms with van der Waals surface area (Å²) in [5.41, 5.74) is 6.97. The van der Waals surface area contributed by atoms with E-state index in [1.165, 1.54) is 0 Å². The summed E-state index contributed by atoms with van der Waals surface area (Å²) in [6.45, 7) is 6.03. The monoisotopic (exact) mass is 227 g/mol. The molecule has 0 aliphatic carbocycles. The van der Waals surface area contributed by atoms with Gasteiger partial charge < -0.3 is 10.5 Å². The SMILES string of the molecule is CCC(N)C(C)Oc1cc(Cl)ccc1C. The molecule has 2 N–H and O–H groups in total. The first-order valence-corrected chi connectivity index (χ1v) is 5.60. The molecule has 2 nitrogen and oxygen atoms in total. The Bertz CT molecular complexity index is 327. The fourth-order valence-electron chi connectivity index (χ4n) is 1.32. The van der Waals surface area contributed by atoms with E-state index in [2.05, 4.69) is 6.92 Å². The van der Waals surface area contributed by atoms with Crippen molar-refractivity contribution in [2.45, 2.75) is 39.3 Å². The molecular formula is C12H18ClNO. The number of benzene rings is 1. The summed E-state index contributed by atoms with van der Waals surface area (Å²) in [6, 6.07) is 5.69. The van der Waals surface area contributed by atoms with E-state index in [0.717, 1.165) is 17.7 Å². The highest BCUT2D eigenvalue weighted by Gasteiger charge is 2.13. The molecule has 0 heterocycles. The van der Waals surface area contributed by atoms with E-state index >= 15 is 0 Å². The third-order valence-electron chi connectivity index (χ3n) is 2.54. The molecule has 0 saturated carbocycles. The third-order valence-corrected chi connectivity index (χ3v) is 2.77. The summed E-state index contributed by atoms with van der Waals surface area (Å²) >= 11 is 5.90. The maximum absolute atomic E-state index is 5.90. The molecule has 15 heavy (non-hydrogen) atoms. The quantitative estimate of drug-likeness (QED) is 0.858. The van der Waals surface area contributed by atoms with Crippen LogP contribution in [-0.2, 0) is 0 Å². The largest absolute Gasteiger partial charge is 0.489 e. The van der Waals surface area contributed by atoms with Crippen LogP contribution in [0.15, 0.2) is 18.2 Å². The summed E-state index contributed by atoms with van der Waals surface area (Å²) in [5, 5.41) is 0.688. The van der Waals surface area contributed by atoms with E-state index in [0.29, 0.717) is 5.02 Å². The normalized spacial score (nSPS) is 14.7. The summed E-state index contributed by atoms with van der Waals surface area (Å²) < 4.78 is 5.77. The van der Waals surface area contributed by atoms with Gasteiger partial charge in [0.2, 0.25) is 0 Å². The van der Waals surface area contributed by atoms with Gasteiger partial charge in [0, 0.05) is 11.1 Å². The molecule has 0 aliphatic rings. The van der Waals surface area contributed by atoms with Gasteiger partial charge in [-0.2, -0.15) is 0 Å². The van der Waals surface area contributed by atoms with Crippen LogP contribution >= 0.6 is 11.6 Å². The minimum Gasteiger partial charge on any atom is -0.489 e. The zero-order valence-electron chi connectivity index (χ0n) is 9.46. The number of ether oxygens (including phenoxy) is 1. The average molecular weight is 228 g/mol. The van der Waals surface area contributed by atoms with Crippen LogP contribution in [0, 0.1) is 6.92 Å². The van der Waals surface area contributed by atoms with Gasteiger partial charge >= 0.3 is 0 Å². The lowest BCUT2D eigenvalue weighted by Gasteiger charge is -2.21. The van der Waals surface area contributed by atoms with Crippen molar-refractivity contribution in [1.82, 2.24) is 0 Å². The fraction of sp³-hybridized carbons (Fsp3) is 0.500. The topological polar surface area (TPSA) is 35.2 Å². The standard InChI is InChI=1S/C12H18ClNO/c1-4-11(14)9(3)15-12-7-10(13)6-5-8(12)2/h5-7,9,11H,4,14H2,1-3H3. The lowest BCUT2D eigenvalue weighted by atomic mass is 10.1. The van der Waals surface area contributed by atoms with E-state index in [4.69, 9.17) is 22.1 Å². The number of hydrogen-bond acceptors (Lipinski definition) is 2. The van der Waals surface area contributed by atoms with E-state index in [1.807, 2.05) is 32.0 Å². The number of hydrogen-bond donors (Lipinski definition) is 1. The Labute approximate surface area is 96.4 Å². The Morgan fingerprint density at radius 1 is 1.47 bits per heavy atom. The smallest absolute Gasteiger partial charge is 0.124 e. The molecule has 1 rings (SSSR count). The van der Waals surface area contributed by atoms with Crippen LogP contribution in [0.4, 0.5) is 0 Å². The number of nitrogens with two attached hydrogens (primary N) is 1. The molecule has 0 spiro atoms. The predicted octanol–water partition coefficient (Wildman–Crippen LogP) is 3.15. The van der Waals surface area contributed by atoms with Gasteiger partial charge in [0.15, 0.2) is 0 Å². The minimum atomic E-state index is 0.00664. The second-order valence-corrected chi connectivity index (χ2v) is 4.24. The molecule has 0 fully saturated rings. The van der Waals surface area contributed by atoms with E-state index < -0.39 is 0 Å². The van der Waals surface area contributed by atoms with Crippen molar-refractivity contribution in [1.29, 1.82) is 0 Å². The highest BCUT2D eigenvalue weighted by Crippen LogP contribution is 2.24. The first kappa shape index (κ1) is 12.3. The number of aryl methyl sites for hydroxylation is 1. The lowest BCUT2D eigenvalue weighted by molar-refractivity contribution is 0.186. The summed E-state index contributed by atoms with van der Waals surface area (Å²) in [4.78, 5) is 0. The van der Waals surface area contributed by atoms with Gasteiger partial charge in [0.1, 0.15) is 11.9 Å². The van der Waals surface area contributed by atoms with Gasteiger partial charge in [-0.1, -0.05) is 24.6 Å². The second-order valence-electron chi connectivity index (χ2n) is 3.80. The van der Waals surface area contributed by atoms with Gasteiger partial charge in [-0.05, 0) is 38.0 Å². The lowest BCUT2D eigenvalue weighted by Crippen LogP contribution is -2.36. The molecule has 1 aromatic rings. The zero-order valence-corrected chi connectivity index (χ0v) is 10.2. The summed E-state index contributed by atoms with van der Waals surface area (Å²) in [6.07, 6.45) is 0.910. The predicted molar refractivity (Wildman–Crippen MR) is 64.5 cm³/mol. The molecule has 0 amide bonds. The van der Waals surface area contributed by atoms with Gasteiger partial charge in [-0.15, -0.1) is 0 Å². The average Bonchev–Trinajstić information content (AvgIpc) is 2.22. The van der Waals surface area contributed by atoms with Gasteiger partial charge in [-0.3, -0.25) is 0 Å². The third kappa shape index (κ3) is 3.40. The Morgan fingerprint density at radius 2 is 2.13 bits per heavy atom. The Kier molecular flexibility index (Phi) is 4.43. The first-order chi connectivity index (χ1) is 7.04. The highest BCUT2D eigenvalue weighted by atomic mass is 35.5. The molecule has 0 aromatic heterocycles. The van der Waals surface area contributed by atoms with Crippen molar-refractivity contribution >= 4 is 11.6 Å². The Balaban J connectivity index is 2.75. The molecule has 0 radical (unpaired) electrons. The molecule has 3 heteroatoms. The van der Waals surface area contributed by atoms with Crippen molar-refractivity contribution in [3.8, 4) is 5.75 Å². The van der Waals surface area contributed by atoms with E-state index in [9.17, 15) is 0 Å². The number of rotatable bonds is 4. The van der Waals surface area contributed by atoms with Crippen molar-refractivity contribution in [3.05, 3.63) is 28.8 Å². The van der Waals surface area contributed by atoms with Crippen LogP contribution in [0.2, 0.25) is 5.02 Å². The Morgan fingerprint density at radius 3 is 2.73 bits per heavy atom. The van der Waals surface area contributed by atoms with E-state index in [1.54, 1.807) is 0 Å². The van der Waals surface area contributed by atoms with Crippen LogP contribution in [0.5, 0.6) is 5.75 Å². The van der Waals surface area contributed by atoms with Crippen LogP contribution in [0.3, 0.4) is 0 Å². The molecule has 84 valence electrons. The second kappa shape index (κ2) is 5.38.